The first-order chi connectivity index (χ1) is 8.92. The van der Waals surface area contributed by atoms with Gasteiger partial charge in [0.05, 0.1) is 17.9 Å². The molecule has 0 atom stereocenters. The lowest BCUT2D eigenvalue weighted by Gasteiger charge is -2.26. The monoisotopic (exact) mass is 290 g/mol. The van der Waals surface area contributed by atoms with Crippen LogP contribution < -0.4 is 4.90 Å². The highest BCUT2D eigenvalue weighted by Crippen LogP contribution is 2.30. The molecule has 0 heterocycles. The van der Waals surface area contributed by atoms with Crippen LogP contribution in [-0.4, -0.2) is 37.2 Å². The molecule has 1 rings (SSSR count). The van der Waals surface area contributed by atoms with Gasteiger partial charge in [0.15, 0.2) is 0 Å². The largest absolute Gasteiger partial charge is 0.405 e. The zero-order chi connectivity index (χ0) is 14.5. The summed E-state index contributed by atoms with van der Waals surface area (Å²) >= 11 is 1.29. The lowest BCUT2D eigenvalue weighted by molar-refractivity contribution is -0.119. The van der Waals surface area contributed by atoms with Crippen molar-refractivity contribution < 1.29 is 18.3 Å². The molecule has 0 aliphatic heterocycles. The van der Waals surface area contributed by atoms with Crippen molar-refractivity contribution in [3.05, 3.63) is 23.8 Å². The first-order valence-corrected chi connectivity index (χ1v) is 6.65. The molecular formula is C12H13F3N2OS. The molecule has 0 unspecified atom stereocenters. The van der Waals surface area contributed by atoms with Crippen LogP contribution in [0.5, 0.6) is 0 Å². The van der Waals surface area contributed by atoms with Crippen molar-refractivity contribution in [3.63, 3.8) is 0 Å². The number of rotatable bonds is 5. The second-order valence-electron chi connectivity index (χ2n) is 3.73. The highest BCUT2D eigenvalue weighted by atomic mass is 32.2. The molecule has 1 aromatic rings. The van der Waals surface area contributed by atoms with E-state index in [0.717, 1.165) is 4.90 Å². The third-order valence-corrected chi connectivity index (χ3v) is 3.20. The molecule has 0 amide bonds. The molecule has 0 saturated heterocycles. The summed E-state index contributed by atoms with van der Waals surface area (Å²) in [7, 11) is 0. The third kappa shape index (κ3) is 4.33. The minimum absolute atomic E-state index is 0.175. The molecule has 0 fully saturated rings. The quantitative estimate of drug-likeness (QED) is 0.847. The van der Waals surface area contributed by atoms with Crippen LogP contribution in [0, 0.1) is 11.3 Å². The predicted molar refractivity (Wildman–Crippen MR) is 68.3 cm³/mol. The number of anilines is 1. The van der Waals surface area contributed by atoms with E-state index < -0.39 is 19.3 Å². The molecule has 0 bridgehead atoms. The average molecular weight is 290 g/mol. The van der Waals surface area contributed by atoms with Crippen LogP contribution in [0.4, 0.5) is 18.9 Å². The number of nitrogens with zero attached hydrogens (tertiary/aromatic N) is 2. The minimum Gasteiger partial charge on any atom is -0.395 e. The van der Waals surface area contributed by atoms with Gasteiger partial charge in [0, 0.05) is 11.4 Å². The van der Waals surface area contributed by atoms with Gasteiger partial charge in [-0.05, 0) is 18.4 Å². The van der Waals surface area contributed by atoms with Crippen LogP contribution >= 0.6 is 11.8 Å². The van der Waals surface area contributed by atoms with Crippen molar-refractivity contribution in [1.82, 2.24) is 0 Å². The molecule has 19 heavy (non-hydrogen) atoms. The van der Waals surface area contributed by atoms with Crippen molar-refractivity contribution in [2.45, 2.75) is 11.1 Å². The Labute approximate surface area is 113 Å². The van der Waals surface area contributed by atoms with Gasteiger partial charge in [0.2, 0.25) is 0 Å². The Morgan fingerprint density at radius 1 is 1.42 bits per heavy atom. The summed E-state index contributed by atoms with van der Waals surface area (Å²) in [4.78, 5) is 1.59. The van der Waals surface area contributed by atoms with Crippen molar-refractivity contribution in [1.29, 1.82) is 5.26 Å². The molecule has 0 saturated carbocycles. The maximum atomic E-state index is 12.5. The smallest absolute Gasteiger partial charge is 0.395 e. The van der Waals surface area contributed by atoms with Gasteiger partial charge in [-0.1, -0.05) is 6.07 Å². The zero-order valence-electron chi connectivity index (χ0n) is 10.2. The van der Waals surface area contributed by atoms with Gasteiger partial charge in [-0.15, -0.1) is 11.8 Å². The number of thioether (sulfide) groups is 1. The fourth-order valence-corrected chi connectivity index (χ4v) is 2.26. The van der Waals surface area contributed by atoms with E-state index in [4.69, 9.17) is 10.4 Å². The molecule has 0 aliphatic carbocycles. The molecule has 1 N–H and O–H groups in total. The van der Waals surface area contributed by atoms with Crippen molar-refractivity contribution >= 4 is 17.4 Å². The maximum absolute atomic E-state index is 12.5. The van der Waals surface area contributed by atoms with Crippen LogP contribution in [-0.2, 0) is 0 Å². The summed E-state index contributed by atoms with van der Waals surface area (Å²) in [5, 5.41) is 18.0. The average Bonchev–Trinajstić information content (AvgIpc) is 2.35. The topological polar surface area (TPSA) is 47.3 Å². The third-order valence-electron chi connectivity index (χ3n) is 2.42. The van der Waals surface area contributed by atoms with Gasteiger partial charge in [0.25, 0.3) is 0 Å². The summed E-state index contributed by atoms with van der Waals surface area (Å²) in [5.74, 6) is 0. The van der Waals surface area contributed by atoms with E-state index in [1.165, 1.54) is 17.8 Å². The summed E-state index contributed by atoms with van der Waals surface area (Å²) in [6.07, 6.45) is -2.64. The van der Waals surface area contributed by atoms with Crippen molar-refractivity contribution in [3.8, 4) is 6.07 Å². The fourth-order valence-electron chi connectivity index (χ4n) is 1.69. The first-order valence-electron chi connectivity index (χ1n) is 5.42. The molecule has 0 spiro atoms. The molecule has 7 heteroatoms. The van der Waals surface area contributed by atoms with Gasteiger partial charge >= 0.3 is 6.18 Å². The molecule has 1 aromatic carbocycles. The van der Waals surface area contributed by atoms with E-state index in [0.29, 0.717) is 4.90 Å². The van der Waals surface area contributed by atoms with Gasteiger partial charge in [0.1, 0.15) is 12.6 Å². The van der Waals surface area contributed by atoms with Crippen LogP contribution in [0.15, 0.2) is 23.1 Å². The van der Waals surface area contributed by atoms with Crippen molar-refractivity contribution in [2.24, 2.45) is 0 Å². The van der Waals surface area contributed by atoms with Gasteiger partial charge in [-0.2, -0.15) is 18.4 Å². The van der Waals surface area contributed by atoms with Crippen LogP contribution in [0.25, 0.3) is 0 Å². The second kappa shape index (κ2) is 6.68. The number of aliphatic hydroxyl groups is 1. The highest BCUT2D eigenvalue weighted by Gasteiger charge is 2.31. The number of aliphatic hydroxyl groups excluding tert-OH is 1. The molecule has 0 aromatic heterocycles. The van der Waals surface area contributed by atoms with Gasteiger partial charge in [-0.3, -0.25) is 0 Å². The number of halogens is 3. The van der Waals surface area contributed by atoms with Crippen LogP contribution in [0.3, 0.4) is 0 Å². The zero-order valence-corrected chi connectivity index (χ0v) is 11.1. The van der Waals surface area contributed by atoms with E-state index in [9.17, 15) is 13.2 Å². The Hall–Kier alpha value is -1.39. The Kier molecular flexibility index (Phi) is 5.51. The van der Waals surface area contributed by atoms with E-state index in [-0.39, 0.29) is 17.8 Å². The maximum Gasteiger partial charge on any atom is 0.405 e. The number of nitriles is 1. The SMILES string of the molecule is CSc1cccc(N(CCO)CC(F)(F)F)c1C#N. The van der Waals surface area contributed by atoms with E-state index >= 15 is 0 Å². The number of hydrogen-bond acceptors (Lipinski definition) is 4. The molecule has 104 valence electrons. The lowest BCUT2D eigenvalue weighted by atomic mass is 10.1. The summed E-state index contributed by atoms with van der Waals surface area (Å²) in [5.41, 5.74) is 0.397. The Morgan fingerprint density at radius 2 is 2.11 bits per heavy atom. The Morgan fingerprint density at radius 3 is 2.58 bits per heavy atom. The molecule has 3 nitrogen and oxygen atoms in total. The normalized spacial score (nSPS) is 11.2. The highest BCUT2D eigenvalue weighted by molar-refractivity contribution is 7.98. The first kappa shape index (κ1) is 15.7. The van der Waals surface area contributed by atoms with Crippen LogP contribution in [0.2, 0.25) is 0 Å². The Bertz CT molecular complexity index is 471. The number of benzene rings is 1. The summed E-state index contributed by atoms with van der Waals surface area (Å²) < 4.78 is 37.6. The second-order valence-corrected chi connectivity index (χ2v) is 4.57. The van der Waals surface area contributed by atoms with E-state index in [1.807, 2.05) is 6.07 Å². The van der Waals surface area contributed by atoms with Gasteiger partial charge < -0.3 is 10.0 Å². The van der Waals surface area contributed by atoms with E-state index in [2.05, 4.69) is 0 Å². The van der Waals surface area contributed by atoms with Crippen molar-refractivity contribution in [2.75, 3.05) is 30.9 Å². The standard InChI is InChI=1S/C12H13F3N2OS/c1-19-11-4-2-3-10(9(11)7-16)17(5-6-18)8-12(13,14)15/h2-4,18H,5-6,8H2,1H3. The van der Waals surface area contributed by atoms with Gasteiger partial charge in [-0.25, -0.2) is 0 Å². The molecule has 0 aliphatic rings. The summed E-state index contributed by atoms with van der Waals surface area (Å²) in [6, 6.07) is 6.66. The van der Waals surface area contributed by atoms with E-state index in [1.54, 1.807) is 18.4 Å². The number of alkyl halides is 3. The fraction of sp³-hybridized carbons (Fsp3) is 0.417. The lowest BCUT2D eigenvalue weighted by Crippen LogP contribution is -2.36. The summed E-state index contributed by atoms with van der Waals surface area (Å²) in [6.45, 7) is -1.78. The molecule has 0 radical (unpaired) electrons. The predicted octanol–water partition coefficient (Wildman–Crippen LogP) is 2.64. The van der Waals surface area contributed by atoms with Crippen LogP contribution in [0.1, 0.15) is 5.56 Å². The molecular weight excluding hydrogens is 277 g/mol. The minimum atomic E-state index is -4.39. The Balaban J connectivity index is 3.19. The number of hydrogen-bond donors (Lipinski definition) is 1.